The number of hydrogen-bond acceptors (Lipinski definition) is 2. The Bertz CT molecular complexity index is 519. The van der Waals surface area contributed by atoms with E-state index in [4.69, 9.17) is 5.41 Å². The minimum atomic E-state index is 0.499. The predicted molar refractivity (Wildman–Crippen MR) is 58.4 cm³/mol. The van der Waals surface area contributed by atoms with Gasteiger partial charge in [-0.2, -0.15) is 0 Å². The zero-order valence-corrected chi connectivity index (χ0v) is 7.49. The van der Waals surface area contributed by atoms with Crippen molar-refractivity contribution in [1.29, 1.82) is 5.41 Å². The van der Waals surface area contributed by atoms with Crippen molar-refractivity contribution in [3.05, 3.63) is 48.1 Å². The molecule has 2 heteroatoms. The molecule has 0 amide bonds. The standard InChI is InChI=1S/C12H8N2/c13-10-6-3-5-9-8-4-1-2-7-11(8)14-12(9)10/h1-7,13H. The molecule has 3 rings (SSSR count). The quantitative estimate of drug-likeness (QED) is 0.596. The number of nitrogens with one attached hydrogen (secondary N) is 1. The van der Waals surface area contributed by atoms with E-state index in [0.717, 1.165) is 22.5 Å². The number of allylic oxidation sites excluding steroid dienone is 4. The highest BCUT2D eigenvalue weighted by atomic mass is 14.8. The molecular weight excluding hydrogens is 172 g/mol. The van der Waals surface area contributed by atoms with Crippen LogP contribution in [0.5, 0.6) is 0 Å². The Morgan fingerprint density at radius 1 is 1.14 bits per heavy atom. The third-order valence-electron chi connectivity index (χ3n) is 2.46. The fraction of sp³-hybridized carbons (Fsp3) is 0. The second-order valence-electron chi connectivity index (χ2n) is 3.33. The van der Waals surface area contributed by atoms with Crippen LogP contribution in [0.3, 0.4) is 0 Å². The highest BCUT2D eigenvalue weighted by Gasteiger charge is 2.23. The molecule has 0 unspecified atom stereocenters. The third kappa shape index (κ3) is 0.852. The SMILES string of the molecule is N=C1C=CC=C2C1=Nc1ccccc12. The highest BCUT2D eigenvalue weighted by molar-refractivity contribution is 6.62. The average Bonchev–Trinajstić information content (AvgIpc) is 2.59. The molecule has 0 saturated carbocycles. The maximum atomic E-state index is 7.73. The zero-order chi connectivity index (χ0) is 9.54. The van der Waals surface area contributed by atoms with Gasteiger partial charge in [-0.3, -0.25) is 5.41 Å². The molecule has 1 heterocycles. The number of hydrogen-bond donors (Lipinski definition) is 1. The van der Waals surface area contributed by atoms with Crippen LogP contribution in [0.4, 0.5) is 5.69 Å². The molecule has 0 fully saturated rings. The molecule has 1 aromatic carbocycles. The van der Waals surface area contributed by atoms with Crippen molar-refractivity contribution >= 4 is 22.7 Å². The Morgan fingerprint density at radius 2 is 2.00 bits per heavy atom. The van der Waals surface area contributed by atoms with Crippen molar-refractivity contribution < 1.29 is 0 Å². The van der Waals surface area contributed by atoms with E-state index in [1.54, 1.807) is 6.08 Å². The fourth-order valence-electron chi connectivity index (χ4n) is 1.80. The van der Waals surface area contributed by atoms with E-state index < -0.39 is 0 Å². The molecule has 1 aliphatic heterocycles. The second kappa shape index (κ2) is 2.51. The van der Waals surface area contributed by atoms with Crippen molar-refractivity contribution in [3.63, 3.8) is 0 Å². The van der Waals surface area contributed by atoms with Crippen molar-refractivity contribution in [1.82, 2.24) is 0 Å². The predicted octanol–water partition coefficient (Wildman–Crippen LogP) is 2.75. The molecule has 66 valence electrons. The number of benzene rings is 1. The van der Waals surface area contributed by atoms with E-state index in [2.05, 4.69) is 4.99 Å². The molecule has 2 nitrogen and oxygen atoms in total. The Kier molecular flexibility index (Phi) is 1.34. The fourth-order valence-corrected chi connectivity index (χ4v) is 1.80. The van der Waals surface area contributed by atoms with Crippen LogP contribution < -0.4 is 0 Å². The van der Waals surface area contributed by atoms with Crippen LogP contribution in [0.25, 0.3) is 5.57 Å². The number of aliphatic imine (C=N–C) groups is 1. The molecule has 0 spiro atoms. The number of rotatable bonds is 0. The summed E-state index contributed by atoms with van der Waals surface area (Å²) < 4.78 is 0. The van der Waals surface area contributed by atoms with Crippen LogP contribution in [0.1, 0.15) is 5.56 Å². The lowest BCUT2D eigenvalue weighted by atomic mass is 9.96. The molecule has 0 aromatic heterocycles. The second-order valence-corrected chi connectivity index (χ2v) is 3.33. The normalized spacial score (nSPS) is 17.3. The largest absolute Gasteiger partial charge is 0.299 e. The lowest BCUT2D eigenvalue weighted by Crippen LogP contribution is -2.11. The highest BCUT2D eigenvalue weighted by Crippen LogP contribution is 2.35. The van der Waals surface area contributed by atoms with Gasteiger partial charge in [0, 0.05) is 11.1 Å². The van der Waals surface area contributed by atoms with Gasteiger partial charge in [0.2, 0.25) is 0 Å². The first-order valence-electron chi connectivity index (χ1n) is 4.52. The van der Waals surface area contributed by atoms with Crippen molar-refractivity contribution in [2.75, 3.05) is 0 Å². The summed E-state index contributed by atoms with van der Waals surface area (Å²) in [6, 6.07) is 8.00. The van der Waals surface area contributed by atoms with Crippen LogP contribution in [0.15, 0.2) is 47.5 Å². The summed E-state index contributed by atoms with van der Waals surface area (Å²) >= 11 is 0. The van der Waals surface area contributed by atoms with Gasteiger partial charge in [0.15, 0.2) is 0 Å². The Hall–Kier alpha value is -1.96. The zero-order valence-electron chi connectivity index (χ0n) is 7.49. The summed E-state index contributed by atoms with van der Waals surface area (Å²) in [5.74, 6) is 0. The van der Waals surface area contributed by atoms with Crippen molar-refractivity contribution in [2.24, 2.45) is 4.99 Å². The summed E-state index contributed by atoms with van der Waals surface area (Å²) in [5.41, 5.74) is 4.49. The summed E-state index contributed by atoms with van der Waals surface area (Å²) in [4.78, 5) is 4.43. The summed E-state index contributed by atoms with van der Waals surface area (Å²) in [7, 11) is 0. The van der Waals surface area contributed by atoms with Crippen LogP contribution >= 0.6 is 0 Å². The first kappa shape index (κ1) is 7.44. The smallest absolute Gasteiger partial charge is 0.0965 e. The summed E-state index contributed by atoms with van der Waals surface area (Å²) in [6.07, 6.45) is 5.69. The van der Waals surface area contributed by atoms with E-state index in [1.807, 2.05) is 36.4 Å². The molecule has 1 aromatic rings. The van der Waals surface area contributed by atoms with Crippen LogP contribution in [0.2, 0.25) is 0 Å². The first-order chi connectivity index (χ1) is 6.86. The van der Waals surface area contributed by atoms with Gasteiger partial charge in [-0.05, 0) is 12.1 Å². The monoisotopic (exact) mass is 180 g/mol. The van der Waals surface area contributed by atoms with E-state index in [9.17, 15) is 0 Å². The molecule has 0 radical (unpaired) electrons. The molecular formula is C12H8N2. The minimum absolute atomic E-state index is 0.499. The lowest BCUT2D eigenvalue weighted by molar-refractivity contribution is 1.53. The topological polar surface area (TPSA) is 36.2 Å². The van der Waals surface area contributed by atoms with Gasteiger partial charge in [0.05, 0.1) is 17.1 Å². The van der Waals surface area contributed by atoms with Crippen molar-refractivity contribution in [2.45, 2.75) is 0 Å². The number of para-hydroxylation sites is 1. The van der Waals surface area contributed by atoms with E-state index in [-0.39, 0.29) is 0 Å². The van der Waals surface area contributed by atoms with E-state index in [1.165, 1.54) is 0 Å². The van der Waals surface area contributed by atoms with Gasteiger partial charge in [-0.15, -0.1) is 0 Å². The summed E-state index contributed by atoms with van der Waals surface area (Å²) in [6.45, 7) is 0. The van der Waals surface area contributed by atoms with Gasteiger partial charge in [-0.1, -0.05) is 30.4 Å². The van der Waals surface area contributed by atoms with Gasteiger partial charge in [-0.25, -0.2) is 4.99 Å². The maximum absolute atomic E-state index is 7.73. The van der Waals surface area contributed by atoms with Gasteiger partial charge < -0.3 is 0 Å². The molecule has 0 saturated heterocycles. The number of fused-ring (bicyclic) bond motifs is 3. The lowest BCUT2D eigenvalue weighted by Gasteiger charge is -2.06. The molecule has 1 N–H and O–H groups in total. The molecule has 2 aliphatic rings. The summed E-state index contributed by atoms with van der Waals surface area (Å²) in [5, 5.41) is 7.73. The molecule has 0 bridgehead atoms. The Labute approximate surface area is 81.8 Å². The van der Waals surface area contributed by atoms with Gasteiger partial charge >= 0.3 is 0 Å². The van der Waals surface area contributed by atoms with E-state index in [0.29, 0.717) is 5.71 Å². The number of nitrogens with zero attached hydrogens (tertiary/aromatic N) is 1. The van der Waals surface area contributed by atoms with Crippen LogP contribution in [-0.4, -0.2) is 11.4 Å². The Balaban J connectivity index is 2.29. The van der Waals surface area contributed by atoms with Gasteiger partial charge in [0.1, 0.15) is 0 Å². The Morgan fingerprint density at radius 3 is 2.93 bits per heavy atom. The van der Waals surface area contributed by atoms with Crippen LogP contribution in [-0.2, 0) is 0 Å². The maximum Gasteiger partial charge on any atom is 0.0965 e. The average molecular weight is 180 g/mol. The molecule has 14 heavy (non-hydrogen) atoms. The molecule has 1 aliphatic carbocycles. The first-order valence-corrected chi connectivity index (χ1v) is 4.52. The van der Waals surface area contributed by atoms with E-state index >= 15 is 0 Å². The van der Waals surface area contributed by atoms with Crippen LogP contribution in [0, 0.1) is 5.41 Å². The minimum Gasteiger partial charge on any atom is -0.299 e. The van der Waals surface area contributed by atoms with Gasteiger partial charge in [0.25, 0.3) is 0 Å². The third-order valence-corrected chi connectivity index (χ3v) is 2.46. The van der Waals surface area contributed by atoms with Crippen molar-refractivity contribution in [3.8, 4) is 0 Å². The molecule has 0 atom stereocenters.